The monoisotopic (exact) mass is 418 g/mol. The third-order valence-corrected chi connectivity index (χ3v) is 6.24. The molecule has 7 nitrogen and oxygen atoms in total. The first kappa shape index (κ1) is 19.9. The quantitative estimate of drug-likeness (QED) is 0.610. The van der Waals surface area contributed by atoms with E-state index in [-0.39, 0.29) is 21.9 Å². The molecule has 0 bridgehead atoms. The third kappa shape index (κ3) is 4.18. The van der Waals surface area contributed by atoms with E-state index >= 15 is 0 Å². The fourth-order valence-electron chi connectivity index (χ4n) is 2.73. The predicted octanol–water partition coefficient (Wildman–Crippen LogP) is 3.39. The highest BCUT2D eigenvalue weighted by Gasteiger charge is 2.35. The van der Waals surface area contributed by atoms with E-state index in [0.29, 0.717) is 11.4 Å². The highest BCUT2D eigenvalue weighted by Crippen LogP contribution is 2.28. The molecule has 0 radical (unpaired) electrons. The Morgan fingerprint density at radius 2 is 1.82 bits per heavy atom. The Labute approximate surface area is 168 Å². The van der Waals surface area contributed by atoms with E-state index in [1.54, 1.807) is 56.3 Å². The Morgan fingerprint density at radius 3 is 2.50 bits per heavy atom. The maximum Gasteiger partial charge on any atom is 0.295 e. The molecule has 146 valence electrons. The van der Waals surface area contributed by atoms with Crippen LogP contribution in [-0.4, -0.2) is 30.7 Å². The molecule has 9 heteroatoms. The lowest BCUT2D eigenvalue weighted by atomic mass is 10.2. The van der Waals surface area contributed by atoms with Crippen LogP contribution in [0.2, 0.25) is 5.02 Å². The number of hydrogen-bond donors (Lipinski definition) is 1. The van der Waals surface area contributed by atoms with Crippen molar-refractivity contribution in [3.8, 4) is 5.75 Å². The van der Waals surface area contributed by atoms with Gasteiger partial charge in [0.1, 0.15) is 10.6 Å². The number of nitrogens with zero attached hydrogens (tertiary/aromatic N) is 3. The molecule has 0 saturated heterocycles. The number of para-hydroxylation sites is 1. The smallest absolute Gasteiger partial charge is 0.295 e. The maximum atomic E-state index is 13.3. The van der Waals surface area contributed by atoms with Gasteiger partial charge in [-0.15, -0.1) is 0 Å². The zero-order chi connectivity index (χ0) is 20.3. The van der Waals surface area contributed by atoms with Crippen molar-refractivity contribution >= 4 is 33.6 Å². The van der Waals surface area contributed by atoms with E-state index in [9.17, 15) is 8.42 Å². The first-order valence-electron chi connectivity index (χ1n) is 8.42. The summed E-state index contributed by atoms with van der Waals surface area (Å²) in [5.41, 5.74) is 6.50. The number of ether oxygens (including phenoxy) is 1. The van der Waals surface area contributed by atoms with Gasteiger partial charge in [0.2, 0.25) is 5.96 Å². The van der Waals surface area contributed by atoms with Crippen LogP contribution >= 0.6 is 11.6 Å². The van der Waals surface area contributed by atoms with Gasteiger partial charge >= 0.3 is 0 Å². The number of aliphatic imine (C=N–C) groups is 2. The normalized spacial score (nSPS) is 17.8. The second-order valence-electron chi connectivity index (χ2n) is 6.06. The van der Waals surface area contributed by atoms with Crippen molar-refractivity contribution in [1.82, 2.24) is 4.31 Å². The number of guanidine groups is 1. The fourth-order valence-corrected chi connectivity index (χ4v) is 4.73. The molecule has 0 fully saturated rings. The molecule has 0 saturated carbocycles. The van der Waals surface area contributed by atoms with Crippen molar-refractivity contribution in [2.45, 2.75) is 24.8 Å². The number of amidine groups is 1. The molecule has 1 atom stereocenters. The van der Waals surface area contributed by atoms with E-state index < -0.39 is 16.1 Å². The summed E-state index contributed by atoms with van der Waals surface area (Å²) in [6.45, 7) is 3.47. The van der Waals surface area contributed by atoms with E-state index in [0.717, 1.165) is 4.31 Å². The molecule has 2 N–H and O–H groups in total. The van der Waals surface area contributed by atoms with E-state index in [1.807, 2.05) is 6.07 Å². The topological polar surface area (TPSA) is 97.4 Å². The summed E-state index contributed by atoms with van der Waals surface area (Å²) >= 11 is 6.12. The van der Waals surface area contributed by atoms with Gasteiger partial charge in [-0.1, -0.05) is 41.9 Å². The fraction of sp³-hybridized carbons (Fsp3) is 0.158. The van der Waals surface area contributed by atoms with Gasteiger partial charge in [0.15, 0.2) is 0 Å². The van der Waals surface area contributed by atoms with Crippen LogP contribution in [0.5, 0.6) is 5.75 Å². The van der Waals surface area contributed by atoms with Gasteiger partial charge < -0.3 is 10.5 Å². The van der Waals surface area contributed by atoms with Crippen LogP contribution in [0.25, 0.3) is 0 Å². The first-order valence-corrected chi connectivity index (χ1v) is 10.2. The van der Waals surface area contributed by atoms with Gasteiger partial charge in [-0.05, 0) is 44.2 Å². The van der Waals surface area contributed by atoms with Gasteiger partial charge in [-0.2, -0.15) is 4.99 Å². The molecule has 1 unspecified atom stereocenters. The molecular formula is C19H19ClN4O3S. The molecule has 3 rings (SSSR count). The summed E-state index contributed by atoms with van der Waals surface area (Å²) in [5.74, 6) is 0.377. The molecule has 0 aromatic heterocycles. The van der Waals surface area contributed by atoms with Crippen LogP contribution in [0.15, 0.2) is 81.3 Å². The Balaban J connectivity index is 2.01. The molecule has 0 spiro atoms. The molecule has 0 amide bonds. The number of nitrogens with two attached hydrogens (primary N) is 1. The lowest BCUT2D eigenvalue weighted by Crippen LogP contribution is -2.44. The van der Waals surface area contributed by atoms with Crippen molar-refractivity contribution in [1.29, 1.82) is 0 Å². The summed E-state index contributed by atoms with van der Waals surface area (Å²) in [4.78, 5) is 8.33. The highest BCUT2D eigenvalue weighted by molar-refractivity contribution is 7.89. The SMILES string of the molecule is CC1=CC(C)N(S(=O)(=O)c2ccccc2Cl)C(N=C(N)Oc2ccccc2)=N1. The number of sulfonamides is 1. The minimum atomic E-state index is -4.03. The van der Waals surface area contributed by atoms with E-state index in [2.05, 4.69) is 9.98 Å². The molecule has 2 aromatic rings. The number of rotatable bonds is 3. The van der Waals surface area contributed by atoms with E-state index in [1.165, 1.54) is 12.1 Å². The Bertz CT molecular complexity index is 1070. The average molecular weight is 419 g/mol. The lowest BCUT2D eigenvalue weighted by molar-refractivity contribution is 0.482. The molecular weight excluding hydrogens is 400 g/mol. The predicted molar refractivity (Wildman–Crippen MR) is 110 cm³/mol. The number of benzene rings is 2. The van der Waals surface area contributed by atoms with Gasteiger partial charge in [0.05, 0.1) is 11.1 Å². The van der Waals surface area contributed by atoms with Gasteiger partial charge in [0.25, 0.3) is 16.0 Å². The number of halogens is 1. The van der Waals surface area contributed by atoms with Crippen LogP contribution in [0.4, 0.5) is 0 Å². The molecule has 1 heterocycles. The average Bonchev–Trinajstić information content (AvgIpc) is 2.61. The van der Waals surface area contributed by atoms with E-state index in [4.69, 9.17) is 22.1 Å². The molecule has 0 aliphatic carbocycles. The molecule has 28 heavy (non-hydrogen) atoms. The largest absolute Gasteiger partial charge is 0.426 e. The Morgan fingerprint density at radius 1 is 1.18 bits per heavy atom. The van der Waals surface area contributed by atoms with Crippen LogP contribution in [0.1, 0.15) is 13.8 Å². The summed E-state index contributed by atoms with van der Waals surface area (Å²) in [6, 6.07) is 14.2. The minimum absolute atomic E-state index is 0.0399. The Kier molecular flexibility index (Phi) is 5.71. The van der Waals surface area contributed by atoms with Crippen molar-refractivity contribution < 1.29 is 13.2 Å². The lowest BCUT2D eigenvalue weighted by Gasteiger charge is -2.30. The first-order chi connectivity index (χ1) is 13.3. The van der Waals surface area contributed by atoms with Crippen molar-refractivity contribution in [2.75, 3.05) is 0 Å². The highest BCUT2D eigenvalue weighted by atomic mass is 35.5. The van der Waals surface area contributed by atoms with Gasteiger partial charge in [-0.25, -0.2) is 17.7 Å². The summed E-state index contributed by atoms with van der Waals surface area (Å²) < 4.78 is 33.0. The third-order valence-electron chi connectivity index (χ3n) is 3.88. The number of allylic oxidation sites excluding steroid dienone is 1. The van der Waals surface area contributed by atoms with Gasteiger partial charge in [-0.3, -0.25) is 0 Å². The van der Waals surface area contributed by atoms with Crippen molar-refractivity contribution in [3.05, 3.63) is 71.4 Å². The Hall–Kier alpha value is -2.84. The summed E-state index contributed by atoms with van der Waals surface area (Å²) in [5, 5.41) is 0.109. The summed E-state index contributed by atoms with van der Waals surface area (Å²) in [6.07, 6.45) is 1.71. The van der Waals surface area contributed by atoms with Crippen LogP contribution < -0.4 is 10.5 Å². The van der Waals surface area contributed by atoms with Crippen LogP contribution in [0.3, 0.4) is 0 Å². The second kappa shape index (κ2) is 8.04. The number of hydrogen-bond acceptors (Lipinski definition) is 5. The zero-order valence-corrected chi connectivity index (χ0v) is 16.9. The molecule has 2 aromatic carbocycles. The minimum Gasteiger partial charge on any atom is -0.426 e. The molecule has 1 aliphatic rings. The summed E-state index contributed by atoms with van der Waals surface area (Å²) in [7, 11) is -4.03. The second-order valence-corrected chi connectivity index (χ2v) is 8.25. The van der Waals surface area contributed by atoms with Gasteiger partial charge in [0, 0.05) is 5.70 Å². The zero-order valence-electron chi connectivity index (χ0n) is 15.3. The van der Waals surface area contributed by atoms with Crippen molar-refractivity contribution in [2.24, 2.45) is 15.7 Å². The molecule has 1 aliphatic heterocycles. The van der Waals surface area contributed by atoms with Crippen LogP contribution in [-0.2, 0) is 10.0 Å². The standard InChI is InChI=1S/C19H19ClN4O3S/c1-13-12-14(2)24(28(25,26)17-11-7-6-10-16(17)20)19(22-13)23-18(21)27-15-8-4-3-5-9-15/h3-12,14H,1-2H3,(H2,21,22,23). The van der Waals surface area contributed by atoms with Crippen molar-refractivity contribution in [3.63, 3.8) is 0 Å². The van der Waals surface area contributed by atoms with Crippen LogP contribution in [0, 0.1) is 0 Å². The maximum absolute atomic E-state index is 13.3.